The Bertz CT molecular complexity index is 1160. The van der Waals surface area contributed by atoms with Crippen molar-refractivity contribution in [2.24, 2.45) is 0 Å². The molecule has 3 heterocycles. The number of carbonyl (C=O) groups is 2. The molecule has 3 aromatic rings. The van der Waals surface area contributed by atoms with Gasteiger partial charge in [-0.05, 0) is 57.0 Å². The van der Waals surface area contributed by atoms with Gasteiger partial charge in [0.1, 0.15) is 11.8 Å². The summed E-state index contributed by atoms with van der Waals surface area (Å²) in [6, 6.07) is 8.26. The minimum atomic E-state index is -0.854. The monoisotopic (exact) mass is 408 g/mol. The molecule has 0 bridgehead atoms. The third kappa shape index (κ3) is 3.07. The lowest BCUT2D eigenvalue weighted by Gasteiger charge is -2.26. The largest absolute Gasteiger partial charge is 0.503 e. The topological polar surface area (TPSA) is 83.6 Å². The van der Waals surface area contributed by atoms with Crippen LogP contribution in [-0.4, -0.2) is 21.8 Å². The molecule has 0 saturated carbocycles. The number of ketones is 1. The number of nitrogens with zero attached hydrogens (tertiary/aromatic N) is 2. The van der Waals surface area contributed by atoms with Crippen molar-refractivity contribution in [1.82, 2.24) is 4.98 Å². The first kappa shape index (κ1) is 19.1. The molecule has 1 unspecified atom stereocenters. The zero-order chi connectivity index (χ0) is 20.9. The molecule has 0 fully saturated rings. The predicted molar refractivity (Wildman–Crippen MR) is 110 cm³/mol. The maximum atomic E-state index is 13.4. The molecular formula is C22H20N2O4S. The van der Waals surface area contributed by atoms with Gasteiger partial charge >= 0.3 is 0 Å². The van der Waals surface area contributed by atoms with Gasteiger partial charge in [0.15, 0.2) is 5.76 Å². The average Bonchev–Trinajstić information content (AvgIpc) is 3.37. The first-order chi connectivity index (χ1) is 13.8. The highest BCUT2D eigenvalue weighted by molar-refractivity contribution is 7.14. The molecule has 1 N–H and O–H groups in total. The van der Waals surface area contributed by atoms with Crippen molar-refractivity contribution in [3.63, 3.8) is 0 Å². The molecule has 1 atom stereocenters. The summed E-state index contributed by atoms with van der Waals surface area (Å²) >= 11 is 1.25. The van der Waals surface area contributed by atoms with Gasteiger partial charge in [0, 0.05) is 5.69 Å². The van der Waals surface area contributed by atoms with E-state index in [2.05, 4.69) is 4.98 Å². The summed E-state index contributed by atoms with van der Waals surface area (Å²) in [4.78, 5) is 32.7. The smallest absolute Gasteiger partial charge is 0.294 e. The van der Waals surface area contributed by atoms with Crippen molar-refractivity contribution >= 4 is 28.7 Å². The van der Waals surface area contributed by atoms with E-state index < -0.39 is 23.5 Å². The Labute approximate surface area is 172 Å². The SMILES string of the molecule is Cc1ccc(C)c(N2C(=O)C(O)=C(C(=O)c3sc(C)nc3C)C2c2ccco2)c1. The second-order valence-electron chi connectivity index (χ2n) is 7.12. The number of benzene rings is 1. The highest BCUT2D eigenvalue weighted by Crippen LogP contribution is 2.43. The van der Waals surface area contributed by atoms with E-state index in [1.165, 1.54) is 22.5 Å². The number of furan rings is 1. The number of aliphatic hydroxyl groups excluding tert-OH is 1. The van der Waals surface area contributed by atoms with Crippen LogP contribution in [0.15, 0.2) is 52.3 Å². The number of aliphatic hydroxyl groups is 1. The molecule has 1 amide bonds. The minimum absolute atomic E-state index is 0.0117. The van der Waals surface area contributed by atoms with Gasteiger partial charge in [-0.15, -0.1) is 11.3 Å². The Morgan fingerprint density at radius 2 is 1.97 bits per heavy atom. The van der Waals surface area contributed by atoms with Crippen LogP contribution in [0.5, 0.6) is 0 Å². The highest BCUT2D eigenvalue weighted by Gasteiger charge is 2.47. The molecule has 0 spiro atoms. The van der Waals surface area contributed by atoms with E-state index in [0.29, 0.717) is 22.0 Å². The summed E-state index contributed by atoms with van der Waals surface area (Å²) in [7, 11) is 0. The molecule has 1 aliphatic rings. The van der Waals surface area contributed by atoms with Gasteiger partial charge in [-0.2, -0.15) is 0 Å². The van der Waals surface area contributed by atoms with Crippen LogP contribution in [0, 0.1) is 27.7 Å². The standard InChI is InChI=1S/C22H20N2O4S/c1-11-7-8-12(2)15(10-11)24-18(16-6-5-9-28-16)17(20(26)22(24)27)19(25)21-13(3)23-14(4)29-21/h5-10,18,26H,1-4H3. The Morgan fingerprint density at radius 3 is 2.59 bits per heavy atom. The average molecular weight is 408 g/mol. The molecular weight excluding hydrogens is 388 g/mol. The normalized spacial score (nSPS) is 16.8. The number of rotatable bonds is 4. The van der Waals surface area contributed by atoms with Gasteiger partial charge in [-0.25, -0.2) is 4.98 Å². The van der Waals surface area contributed by atoms with E-state index in [0.717, 1.165) is 16.1 Å². The van der Waals surface area contributed by atoms with E-state index in [4.69, 9.17) is 4.42 Å². The summed E-state index contributed by atoms with van der Waals surface area (Å²) in [6.07, 6.45) is 1.49. The van der Waals surface area contributed by atoms with Crippen LogP contribution in [-0.2, 0) is 4.79 Å². The van der Waals surface area contributed by atoms with E-state index in [-0.39, 0.29) is 5.57 Å². The maximum Gasteiger partial charge on any atom is 0.294 e. The number of amides is 1. The number of hydrogen-bond acceptors (Lipinski definition) is 6. The number of carbonyl (C=O) groups excluding carboxylic acids is 2. The Hall–Kier alpha value is -3.19. The Kier molecular flexibility index (Phi) is 4.62. The number of Topliss-reactive ketones (excluding diaryl/α,β-unsaturated/α-hetero) is 1. The lowest BCUT2D eigenvalue weighted by molar-refractivity contribution is -0.117. The zero-order valence-electron chi connectivity index (χ0n) is 16.5. The van der Waals surface area contributed by atoms with Gasteiger partial charge in [0.2, 0.25) is 5.78 Å². The lowest BCUT2D eigenvalue weighted by Crippen LogP contribution is -2.31. The molecule has 2 aromatic heterocycles. The lowest BCUT2D eigenvalue weighted by atomic mass is 9.98. The predicted octanol–water partition coefficient (Wildman–Crippen LogP) is 4.75. The molecule has 0 aliphatic carbocycles. The molecule has 0 saturated heterocycles. The molecule has 6 nitrogen and oxygen atoms in total. The summed E-state index contributed by atoms with van der Waals surface area (Å²) in [5.41, 5.74) is 3.03. The number of aromatic nitrogens is 1. The number of aryl methyl sites for hydroxylation is 4. The first-order valence-electron chi connectivity index (χ1n) is 9.15. The van der Waals surface area contributed by atoms with Crippen LogP contribution in [0.4, 0.5) is 5.69 Å². The molecule has 1 aliphatic heterocycles. The van der Waals surface area contributed by atoms with Gasteiger partial charge in [-0.3, -0.25) is 14.5 Å². The van der Waals surface area contributed by atoms with Gasteiger partial charge in [0.05, 0.1) is 27.4 Å². The van der Waals surface area contributed by atoms with Crippen molar-refractivity contribution in [2.75, 3.05) is 4.90 Å². The fraction of sp³-hybridized carbons (Fsp3) is 0.227. The number of anilines is 1. The van der Waals surface area contributed by atoms with E-state index in [1.54, 1.807) is 19.1 Å². The van der Waals surface area contributed by atoms with Crippen molar-refractivity contribution in [3.8, 4) is 0 Å². The summed E-state index contributed by atoms with van der Waals surface area (Å²) in [6.45, 7) is 7.37. The summed E-state index contributed by atoms with van der Waals surface area (Å²) in [5.74, 6) is -1.18. The van der Waals surface area contributed by atoms with Crippen molar-refractivity contribution < 1.29 is 19.1 Å². The van der Waals surface area contributed by atoms with Gasteiger partial charge in [-0.1, -0.05) is 12.1 Å². The fourth-order valence-corrected chi connectivity index (χ4v) is 4.52. The van der Waals surface area contributed by atoms with Crippen LogP contribution in [0.2, 0.25) is 0 Å². The van der Waals surface area contributed by atoms with Crippen molar-refractivity contribution in [1.29, 1.82) is 0 Å². The van der Waals surface area contributed by atoms with Crippen LogP contribution >= 0.6 is 11.3 Å². The van der Waals surface area contributed by atoms with Crippen molar-refractivity contribution in [2.45, 2.75) is 33.7 Å². The molecule has 4 rings (SSSR count). The zero-order valence-corrected chi connectivity index (χ0v) is 17.3. The molecule has 1 aromatic carbocycles. The van der Waals surface area contributed by atoms with E-state index in [1.807, 2.05) is 39.0 Å². The number of hydrogen-bond donors (Lipinski definition) is 1. The quantitative estimate of drug-likeness (QED) is 0.630. The molecule has 7 heteroatoms. The van der Waals surface area contributed by atoms with Crippen LogP contribution in [0.3, 0.4) is 0 Å². The summed E-state index contributed by atoms with van der Waals surface area (Å²) < 4.78 is 5.58. The molecule has 0 radical (unpaired) electrons. The number of thiazole rings is 1. The minimum Gasteiger partial charge on any atom is -0.503 e. The van der Waals surface area contributed by atoms with Gasteiger partial charge in [0.25, 0.3) is 5.91 Å². The van der Waals surface area contributed by atoms with E-state index in [9.17, 15) is 14.7 Å². The highest BCUT2D eigenvalue weighted by atomic mass is 32.1. The van der Waals surface area contributed by atoms with Gasteiger partial charge < -0.3 is 9.52 Å². The second-order valence-corrected chi connectivity index (χ2v) is 8.33. The van der Waals surface area contributed by atoms with Crippen molar-refractivity contribution in [3.05, 3.63) is 80.4 Å². The van der Waals surface area contributed by atoms with Crippen LogP contribution < -0.4 is 4.90 Å². The van der Waals surface area contributed by atoms with Crippen LogP contribution in [0.25, 0.3) is 0 Å². The molecule has 29 heavy (non-hydrogen) atoms. The van der Waals surface area contributed by atoms with E-state index >= 15 is 0 Å². The maximum absolute atomic E-state index is 13.4. The Morgan fingerprint density at radius 1 is 1.21 bits per heavy atom. The third-order valence-electron chi connectivity index (χ3n) is 5.00. The van der Waals surface area contributed by atoms with Crippen LogP contribution in [0.1, 0.15) is 43.3 Å². The molecule has 148 valence electrons. The fourth-order valence-electron chi connectivity index (χ4n) is 3.64. The summed E-state index contributed by atoms with van der Waals surface area (Å²) in [5, 5.41) is 11.5. The second kappa shape index (κ2) is 7.00. The first-order valence-corrected chi connectivity index (χ1v) is 9.97. The Balaban J connectivity index is 1.90. The third-order valence-corrected chi connectivity index (χ3v) is 6.07.